The molecule has 1 unspecified atom stereocenters. The van der Waals surface area contributed by atoms with Gasteiger partial charge in [0.05, 0.1) is 6.07 Å². The van der Waals surface area contributed by atoms with E-state index in [4.69, 9.17) is 16.9 Å². The number of hydrogen-bond donors (Lipinski definition) is 1. The Morgan fingerprint density at radius 2 is 2.19 bits per heavy atom. The molecule has 0 aromatic heterocycles. The molecule has 1 fully saturated rings. The molecular formula is C12H14ClN3. The molecule has 2 rings (SSSR count). The second kappa shape index (κ2) is 5.31. The Labute approximate surface area is 101 Å². The monoisotopic (exact) mass is 235 g/mol. The van der Waals surface area contributed by atoms with Crippen molar-refractivity contribution in [3.63, 3.8) is 0 Å². The fraction of sp³-hybridized carbons (Fsp3) is 0.417. The summed E-state index contributed by atoms with van der Waals surface area (Å²) in [6.07, 6.45) is 0. The molecule has 4 heteroatoms. The van der Waals surface area contributed by atoms with Gasteiger partial charge in [-0.25, -0.2) is 0 Å². The van der Waals surface area contributed by atoms with Gasteiger partial charge < -0.3 is 5.32 Å². The standard InChI is InChI=1S/C12H14ClN3/c13-11-3-1-10(2-4-11)9-16-6-5-15-8-12(16)7-14/h1-4,12,15H,5-6,8-9H2. The molecule has 0 bridgehead atoms. The number of hydrogen-bond acceptors (Lipinski definition) is 3. The molecule has 1 aliphatic heterocycles. The van der Waals surface area contributed by atoms with Crippen molar-refractivity contribution in [2.75, 3.05) is 19.6 Å². The summed E-state index contributed by atoms with van der Waals surface area (Å²) in [4.78, 5) is 2.19. The third-order valence-corrected chi connectivity index (χ3v) is 3.05. The van der Waals surface area contributed by atoms with Crippen molar-refractivity contribution >= 4 is 11.6 Å². The SMILES string of the molecule is N#CC1CNCCN1Cc1ccc(Cl)cc1. The number of nitriles is 1. The second-order valence-electron chi connectivity index (χ2n) is 3.95. The Morgan fingerprint density at radius 1 is 1.44 bits per heavy atom. The summed E-state index contributed by atoms with van der Waals surface area (Å²) in [6, 6.07) is 10.1. The van der Waals surface area contributed by atoms with Gasteiger partial charge >= 0.3 is 0 Å². The molecule has 1 N–H and O–H groups in total. The van der Waals surface area contributed by atoms with Crippen molar-refractivity contribution in [3.8, 4) is 6.07 Å². The first-order valence-corrected chi connectivity index (χ1v) is 5.76. The third-order valence-electron chi connectivity index (χ3n) is 2.80. The van der Waals surface area contributed by atoms with Gasteiger partial charge in [-0.05, 0) is 17.7 Å². The highest BCUT2D eigenvalue weighted by atomic mass is 35.5. The lowest BCUT2D eigenvalue weighted by Crippen LogP contribution is -2.49. The fourth-order valence-electron chi connectivity index (χ4n) is 1.89. The summed E-state index contributed by atoms with van der Waals surface area (Å²) in [6.45, 7) is 3.44. The average Bonchev–Trinajstić information content (AvgIpc) is 2.33. The molecule has 0 saturated carbocycles. The van der Waals surface area contributed by atoms with Crippen LogP contribution in [0.4, 0.5) is 0 Å². The van der Waals surface area contributed by atoms with Crippen LogP contribution in [-0.2, 0) is 6.54 Å². The number of piperazine rings is 1. The molecule has 84 valence electrons. The van der Waals surface area contributed by atoms with Crippen LogP contribution in [0.2, 0.25) is 5.02 Å². The van der Waals surface area contributed by atoms with Crippen molar-refractivity contribution in [2.45, 2.75) is 12.6 Å². The maximum atomic E-state index is 9.03. The van der Waals surface area contributed by atoms with Crippen LogP contribution in [0.25, 0.3) is 0 Å². The first kappa shape index (κ1) is 11.4. The van der Waals surface area contributed by atoms with Gasteiger partial charge in [-0.3, -0.25) is 4.90 Å². The average molecular weight is 236 g/mol. The first-order chi connectivity index (χ1) is 7.79. The zero-order chi connectivity index (χ0) is 11.4. The van der Waals surface area contributed by atoms with Crippen LogP contribution >= 0.6 is 11.6 Å². The minimum absolute atomic E-state index is 0.0237. The first-order valence-electron chi connectivity index (χ1n) is 5.38. The normalized spacial score (nSPS) is 21.6. The summed E-state index contributed by atoms with van der Waals surface area (Å²) in [5, 5.41) is 13.0. The van der Waals surface area contributed by atoms with Gasteiger partial charge in [0, 0.05) is 31.2 Å². The van der Waals surface area contributed by atoms with Crippen LogP contribution in [0.15, 0.2) is 24.3 Å². The number of benzene rings is 1. The molecule has 0 spiro atoms. The van der Waals surface area contributed by atoms with Gasteiger partial charge in [0.15, 0.2) is 0 Å². The van der Waals surface area contributed by atoms with E-state index in [0.717, 1.165) is 31.2 Å². The number of nitrogens with zero attached hydrogens (tertiary/aromatic N) is 2. The molecular weight excluding hydrogens is 222 g/mol. The van der Waals surface area contributed by atoms with E-state index >= 15 is 0 Å². The van der Waals surface area contributed by atoms with Gasteiger partial charge in [-0.15, -0.1) is 0 Å². The van der Waals surface area contributed by atoms with Gasteiger partial charge in [0.1, 0.15) is 6.04 Å². The molecule has 1 aromatic rings. The molecule has 1 saturated heterocycles. The quantitative estimate of drug-likeness (QED) is 0.847. The van der Waals surface area contributed by atoms with Gasteiger partial charge in [0.25, 0.3) is 0 Å². The Kier molecular flexibility index (Phi) is 3.79. The molecule has 1 atom stereocenters. The Hall–Kier alpha value is -1.08. The summed E-state index contributed by atoms with van der Waals surface area (Å²) < 4.78 is 0. The van der Waals surface area contributed by atoms with Gasteiger partial charge in [-0.2, -0.15) is 5.26 Å². The zero-order valence-corrected chi connectivity index (χ0v) is 9.74. The van der Waals surface area contributed by atoms with Gasteiger partial charge in [0.2, 0.25) is 0 Å². The fourth-order valence-corrected chi connectivity index (χ4v) is 2.01. The Bertz CT molecular complexity index is 382. The molecule has 3 nitrogen and oxygen atoms in total. The predicted octanol–water partition coefficient (Wildman–Crippen LogP) is 1.64. The highest BCUT2D eigenvalue weighted by Gasteiger charge is 2.21. The smallest absolute Gasteiger partial charge is 0.111 e. The lowest BCUT2D eigenvalue weighted by Gasteiger charge is -2.31. The predicted molar refractivity (Wildman–Crippen MR) is 64.1 cm³/mol. The zero-order valence-electron chi connectivity index (χ0n) is 8.99. The van der Waals surface area contributed by atoms with E-state index < -0.39 is 0 Å². The molecule has 0 radical (unpaired) electrons. The number of nitrogens with one attached hydrogen (secondary N) is 1. The number of rotatable bonds is 2. The summed E-state index contributed by atoms with van der Waals surface area (Å²) in [5.41, 5.74) is 1.20. The lowest BCUT2D eigenvalue weighted by molar-refractivity contribution is 0.189. The van der Waals surface area contributed by atoms with Crippen LogP contribution < -0.4 is 5.32 Å². The maximum Gasteiger partial charge on any atom is 0.111 e. The van der Waals surface area contributed by atoms with Crippen molar-refractivity contribution in [1.29, 1.82) is 5.26 Å². The molecule has 0 aliphatic carbocycles. The minimum atomic E-state index is -0.0237. The molecule has 1 aliphatic rings. The maximum absolute atomic E-state index is 9.03. The summed E-state index contributed by atoms with van der Waals surface area (Å²) in [5.74, 6) is 0. The van der Waals surface area contributed by atoms with E-state index in [0.29, 0.717) is 0 Å². The van der Waals surface area contributed by atoms with E-state index in [-0.39, 0.29) is 6.04 Å². The molecule has 16 heavy (non-hydrogen) atoms. The van der Waals surface area contributed by atoms with Crippen molar-refractivity contribution < 1.29 is 0 Å². The molecule has 1 aromatic carbocycles. The minimum Gasteiger partial charge on any atom is -0.313 e. The molecule has 0 amide bonds. The van der Waals surface area contributed by atoms with E-state index in [2.05, 4.69) is 16.3 Å². The van der Waals surface area contributed by atoms with Crippen LogP contribution in [0, 0.1) is 11.3 Å². The third kappa shape index (κ3) is 2.73. The van der Waals surface area contributed by atoms with Crippen LogP contribution in [0.5, 0.6) is 0 Å². The van der Waals surface area contributed by atoms with Gasteiger partial charge in [-0.1, -0.05) is 23.7 Å². The van der Waals surface area contributed by atoms with Crippen molar-refractivity contribution in [1.82, 2.24) is 10.2 Å². The molecule has 1 heterocycles. The van der Waals surface area contributed by atoms with E-state index in [1.165, 1.54) is 5.56 Å². The Balaban J connectivity index is 2.02. The van der Waals surface area contributed by atoms with Crippen LogP contribution in [-0.4, -0.2) is 30.6 Å². The van der Waals surface area contributed by atoms with Crippen molar-refractivity contribution in [3.05, 3.63) is 34.9 Å². The van der Waals surface area contributed by atoms with Crippen LogP contribution in [0.3, 0.4) is 0 Å². The largest absolute Gasteiger partial charge is 0.313 e. The highest BCUT2D eigenvalue weighted by molar-refractivity contribution is 6.30. The van der Waals surface area contributed by atoms with E-state index in [1.807, 2.05) is 24.3 Å². The van der Waals surface area contributed by atoms with Crippen LogP contribution in [0.1, 0.15) is 5.56 Å². The summed E-state index contributed by atoms with van der Waals surface area (Å²) in [7, 11) is 0. The summed E-state index contributed by atoms with van der Waals surface area (Å²) >= 11 is 5.83. The second-order valence-corrected chi connectivity index (χ2v) is 4.38. The van der Waals surface area contributed by atoms with Crippen molar-refractivity contribution in [2.24, 2.45) is 0 Å². The lowest BCUT2D eigenvalue weighted by atomic mass is 10.1. The van der Waals surface area contributed by atoms with E-state index in [9.17, 15) is 0 Å². The Morgan fingerprint density at radius 3 is 2.88 bits per heavy atom. The number of halogens is 1. The van der Waals surface area contributed by atoms with E-state index in [1.54, 1.807) is 0 Å². The topological polar surface area (TPSA) is 39.1 Å². The highest BCUT2D eigenvalue weighted by Crippen LogP contribution is 2.13.